The summed E-state index contributed by atoms with van der Waals surface area (Å²) in [5.74, 6) is 0. The van der Waals surface area contributed by atoms with Gasteiger partial charge in [0, 0.05) is 24.5 Å². The largest absolute Gasteiger partial charge is 0.383 e. The SMILES string of the molecule is Cc1ccc(S(C)(=O)=O)cc1NCC1CCCCN1. The molecule has 19 heavy (non-hydrogen) atoms. The van der Waals surface area contributed by atoms with Crippen molar-refractivity contribution in [1.29, 1.82) is 0 Å². The zero-order valence-corrected chi connectivity index (χ0v) is 12.4. The minimum atomic E-state index is -3.14. The van der Waals surface area contributed by atoms with E-state index in [-0.39, 0.29) is 0 Å². The summed E-state index contributed by atoms with van der Waals surface area (Å²) >= 11 is 0. The lowest BCUT2D eigenvalue weighted by atomic mass is 10.0. The average Bonchev–Trinajstić information content (AvgIpc) is 2.37. The molecule has 1 saturated heterocycles. The van der Waals surface area contributed by atoms with Crippen LogP contribution in [0.4, 0.5) is 5.69 Å². The van der Waals surface area contributed by atoms with Crippen LogP contribution in [0.3, 0.4) is 0 Å². The van der Waals surface area contributed by atoms with Gasteiger partial charge < -0.3 is 10.6 Å². The highest BCUT2D eigenvalue weighted by Crippen LogP contribution is 2.20. The molecule has 2 N–H and O–H groups in total. The van der Waals surface area contributed by atoms with Crippen molar-refractivity contribution in [2.24, 2.45) is 0 Å². The fourth-order valence-electron chi connectivity index (χ4n) is 2.35. The van der Waals surface area contributed by atoms with Crippen LogP contribution in [-0.2, 0) is 9.84 Å². The van der Waals surface area contributed by atoms with Gasteiger partial charge in [0.25, 0.3) is 0 Å². The van der Waals surface area contributed by atoms with E-state index in [1.807, 2.05) is 13.0 Å². The molecule has 0 radical (unpaired) electrons. The lowest BCUT2D eigenvalue weighted by Gasteiger charge is -2.24. The summed E-state index contributed by atoms with van der Waals surface area (Å²) in [5.41, 5.74) is 1.98. The van der Waals surface area contributed by atoms with Crippen LogP contribution in [0.25, 0.3) is 0 Å². The average molecular weight is 282 g/mol. The number of rotatable bonds is 4. The van der Waals surface area contributed by atoms with Gasteiger partial charge in [-0.3, -0.25) is 0 Å². The van der Waals surface area contributed by atoms with Gasteiger partial charge in [0.05, 0.1) is 4.90 Å². The highest BCUT2D eigenvalue weighted by molar-refractivity contribution is 7.90. The number of nitrogens with one attached hydrogen (secondary N) is 2. The van der Waals surface area contributed by atoms with Crippen LogP contribution < -0.4 is 10.6 Å². The highest BCUT2D eigenvalue weighted by Gasteiger charge is 2.13. The Morgan fingerprint density at radius 3 is 2.79 bits per heavy atom. The highest BCUT2D eigenvalue weighted by atomic mass is 32.2. The molecule has 1 aromatic rings. The predicted molar refractivity (Wildman–Crippen MR) is 78.4 cm³/mol. The molecule has 106 valence electrons. The number of piperidine rings is 1. The normalized spacial score (nSPS) is 20.2. The van der Waals surface area contributed by atoms with E-state index in [0.717, 1.165) is 24.3 Å². The van der Waals surface area contributed by atoms with E-state index in [1.165, 1.54) is 25.5 Å². The molecule has 1 heterocycles. The Morgan fingerprint density at radius 2 is 2.16 bits per heavy atom. The molecule has 1 fully saturated rings. The molecular weight excluding hydrogens is 260 g/mol. The van der Waals surface area contributed by atoms with Crippen molar-refractivity contribution in [2.75, 3.05) is 24.7 Å². The van der Waals surface area contributed by atoms with Crippen molar-refractivity contribution in [3.63, 3.8) is 0 Å². The summed E-state index contributed by atoms with van der Waals surface area (Å²) in [7, 11) is -3.14. The van der Waals surface area contributed by atoms with Gasteiger partial charge in [0.1, 0.15) is 0 Å². The first-order chi connectivity index (χ1) is 8.97. The molecule has 1 atom stereocenters. The smallest absolute Gasteiger partial charge is 0.175 e. The second-order valence-electron chi connectivity index (χ2n) is 5.28. The molecule has 1 unspecified atom stereocenters. The van der Waals surface area contributed by atoms with Crippen molar-refractivity contribution < 1.29 is 8.42 Å². The van der Waals surface area contributed by atoms with Crippen LogP contribution in [0, 0.1) is 6.92 Å². The fraction of sp³-hybridized carbons (Fsp3) is 0.571. The maximum Gasteiger partial charge on any atom is 0.175 e. The van der Waals surface area contributed by atoms with E-state index in [2.05, 4.69) is 10.6 Å². The minimum absolute atomic E-state index is 0.372. The molecule has 0 saturated carbocycles. The fourth-order valence-corrected chi connectivity index (χ4v) is 3.00. The quantitative estimate of drug-likeness (QED) is 0.886. The van der Waals surface area contributed by atoms with Crippen LogP contribution in [0.2, 0.25) is 0 Å². The number of hydrogen-bond donors (Lipinski definition) is 2. The van der Waals surface area contributed by atoms with E-state index in [0.29, 0.717) is 10.9 Å². The summed E-state index contributed by atoms with van der Waals surface area (Å²) in [6.07, 6.45) is 4.93. The molecule has 5 heteroatoms. The van der Waals surface area contributed by atoms with Crippen LogP contribution in [0.1, 0.15) is 24.8 Å². The first-order valence-corrected chi connectivity index (χ1v) is 8.64. The molecule has 0 spiro atoms. The van der Waals surface area contributed by atoms with Crippen LogP contribution >= 0.6 is 0 Å². The lowest BCUT2D eigenvalue weighted by molar-refractivity contribution is 0.414. The van der Waals surface area contributed by atoms with Gasteiger partial charge in [-0.1, -0.05) is 12.5 Å². The van der Waals surface area contributed by atoms with Crippen molar-refractivity contribution in [3.8, 4) is 0 Å². The second-order valence-corrected chi connectivity index (χ2v) is 7.29. The molecule has 2 rings (SSSR count). The van der Waals surface area contributed by atoms with Crippen LogP contribution in [0.15, 0.2) is 23.1 Å². The lowest BCUT2D eigenvalue weighted by Crippen LogP contribution is -2.39. The predicted octanol–water partition coefficient (Wildman–Crippen LogP) is 1.95. The molecule has 4 nitrogen and oxygen atoms in total. The summed E-state index contributed by atoms with van der Waals surface area (Å²) in [6.45, 7) is 3.91. The zero-order chi connectivity index (χ0) is 13.9. The molecular formula is C14H22N2O2S. The first kappa shape index (κ1) is 14.3. The van der Waals surface area contributed by atoms with E-state index in [1.54, 1.807) is 12.1 Å². The maximum atomic E-state index is 11.6. The van der Waals surface area contributed by atoms with Gasteiger partial charge in [-0.2, -0.15) is 0 Å². The van der Waals surface area contributed by atoms with E-state index in [9.17, 15) is 8.42 Å². The van der Waals surface area contributed by atoms with E-state index in [4.69, 9.17) is 0 Å². The monoisotopic (exact) mass is 282 g/mol. The number of benzene rings is 1. The van der Waals surface area contributed by atoms with Gasteiger partial charge >= 0.3 is 0 Å². The van der Waals surface area contributed by atoms with Gasteiger partial charge in [-0.25, -0.2) is 8.42 Å². The number of hydrogen-bond acceptors (Lipinski definition) is 4. The number of anilines is 1. The van der Waals surface area contributed by atoms with E-state index < -0.39 is 9.84 Å². The van der Waals surface area contributed by atoms with Crippen LogP contribution in [0.5, 0.6) is 0 Å². The molecule has 1 aliphatic heterocycles. The first-order valence-electron chi connectivity index (χ1n) is 6.75. The molecule has 0 amide bonds. The topological polar surface area (TPSA) is 58.2 Å². The van der Waals surface area contributed by atoms with Crippen molar-refractivity contribution in [2.45, 2.75) is 37.1 Å². The Balaban J connectivity index is 2.06. The number of aryl methyl sites for hydroxylation is 1. The summed E-state index contributed by atoms with van der Waals surface area (Å²) in [4.78, 5) is 0.372. The van der Waals surface area contributed by atoms with Gasteiger partial charge in [-0.15, -0.1) is 0 Å². The van der Waals surface area contributed by atoms with Crippen molar-refractivity contribution in [3.05, 3.63) is 23.8 Å². The Kier molecular flexibility index (Phi) is 4.47. The Hall–Kier alpha value is -1.07. The van der Waals surface area contributed by atoms with Crippen LogP contribution in [-0.4, -0.2) is 33.8 Å². The maximum absolute atomic E-state index is 11.6. The summed E-state index contributed by atoms with van der Waals surface area (Å²) in [5, 5.41) is 6.84. The molecule has 1 aliphatic rings. The number of sulfone groups is 1. The second kappa shape index (κ2) is 5.92. The Bertz CT molecular complexity index is 534. The van der Waals surface area contributed by atoms with Crippen molar-refractivity contribution >= 4 is 15.5 Å². The third-order valence-electron chi connectivity index (χ3n) is 3.59. The van der Waals surface area contributed by atoms with E-state index >= 15 is 0 Å². The zero-order valence-electron chi connectivity index (χ0n) is 11.6. The Morgan fingerprint density at radius 1 is 1.37 bits per heavy atom. The minimum Gasteiger partial charge on any atom is -0.383 e. The molecule has 0 aliphatic carbocycles. The standard InChI is InChI=1S/C14H22N2O2S/c1-11-6-7-13(19(2,17)18)9-14(11)16-10-12-5-3-4-8-15-12/h6-7,9,12,15-16H,3-5,8,10H2,1-2H3. The third-order valence-corrected chi connectivity index (χ3v) is 4.70. The Labute approximate surface area is 115 Å². The van der Waals surface area contributed by atoms with Crippen molar-refractivity contribution in [1.82, 2.24) is 5.32 Å². The van der Waals surface area contributed by atoms with Gasteiger partial charge in [0.2, 0.25) is 0 Å². The molecule has 1 aromatic carbocycles. The van der Waals surface area contributed by atoms with Gasteiger partial charge in [0.15, 0.2) is 9.84 Å². The summed E-state index contributed by atoms with van der Waals surface area (Å²) < 4.78 is 23.1. The van der Waals surface area contributed by atoms with Gasteiger partial charge in [-0.05, 0) is 44.0 Å². The molecule has 0 bridgehead atoms. The molecule has 0 aromatic heterocycles. The third kappa shape index (κ3) is 3.94. The summed E-state index contributed by atoms with van der Waals surface area (Å²) in [6, 6.07) is 5.73.